The number of fused-ring (bicyclic) bond motifs is 6. The van der Waals surface area contributed by atoms with Gasteiger partial charge in [-0.1, -0.05) is 206 Å². The summed E-state index contributed by atoms with van der Waals surface area (Å²) in [5.41, 5.74) is 19.3. The molecule has 0 N–H and O–H groups in total. The molecule has 11 rings (SSSR count). The van der Waals surface area contributed by atoms with Crippen molar-refractivity contribution < 1.29 is 0 Å². The Labute approximate surface area is 329 Å². The molecule has 0 nitrogen and oxygen atoms in total. The zero-order valence-corrected chi connectivity index (χ0v) is 30.9. The summed E-state index contributed by atoms with van der Waals surface area (Å²) in [6.45, 7) is 0. The molecule has 0 amide bonds. The lowest BCUT2D eigenvalue weighted by Crippen LogP contribution is -2.30. The van der Waals surface area contributed by atoms with E-state index in [4.69, 9.17) is 0 Å². The molecule has 0 heteroatoms. The molecule has 0 aromatic heterocycles. The van der Waals surface area contributed by atoms with Gasteiger partial charge in [-0.15, -0.1) is 0 Å². The summed E-state index contributed by atoms with van der Waals surface area (Å²) in [5.74, 6) is 0. The van der Waals surface area contributed by atoms with Crippen molar-refractivity contribution in [3.8, 4) is 44.5 Å². The summed E-state index contributed by atoms with van der Waals surface area (Å²) in [4.78, 5) is 0. The van der Waals surface area contributed by atoms with Gasteiger partial charge in [0.05, 0.1) is 10.8 Å². The first-order chi connectivity index (χ1) is 27.8. The van der Waals surface area contributed by atoms with E-state index in [1.807, 2.05) is 0 Å². The van der Waals surface area contributed by atoms with Gasteiger partial charge in [-0.3, -0.25) is 0 Å². The molecular formula is C56H38. The van der Waals surface area contributed by atoms with E-state index in [9.17, 15) is 0 Å². The molecule has 0 atom stereocenters. The summed E-state index contributed by atoms with van der Waals surface area (Å²) in [7, 11) is 0. The molecule has 0 saturated heterocycles. The number of hydrogen-bond acceptors (Lipinski definition) is 0. The maximum absolute atomic E-state index is 2.57. The van der Waals surface area contributed by atoms with Crippen molar-refractivity contribution in [3.63, 3.8) is 0 Å². The van der Waals surface area contributed by atoms with Gasteiger partial charge < -0.3 is 0 Å². The first-order valence-electron chi connectivity index (χ1n) is 19.6. The molecule has 56 heavy (non-hydrogen) atoms. The van der Waals surface area contributed by atoms with Crippen LogP contribution in [0.5, 0.6) is 0 Å². The van der Waals surface area contributed by atoms with Crippen molar-refractivity contribution >= 4 is 0 Å². The lowest BCUT2D eigenvalue weighted by atomic mass is 9.65. The Morgan fingerprint density at radius 2 is 0.464 bits per heavy atom. The second-order valence-corrected chi connectivity index (χ2v) is 15.2. The fraction of sp³-hybridized carbons (Fsp3) is 0.0357. The molecular weight excluding hydrogens is 673 g/mol. The molecule has 262 valence electrons. The van der Waals surface area contributed by atoms with Crippen LogP contribution in [0.15, 0.2) is 231 Å². The van der Waals surface area contributed by atoms with Crippen molar-refractivity contribution in [2.45, 2.75) is 10.8 Å². The maximum Gasteiger partial charge on any atom is 0.0714 e. The van der Waals surface area contributed by atoms with Crippen LogP contribution >= 0.6 is 0 Å². The van der Waals surface area contributed by atoms with Gasteiger partial charge in [-0.2, -0.15) is 0 Å². The zero-order valence-electron chi connectivity index (χ0n) is 30.9. The van der Waals surface area contributed by atoms with Crippen LogP contribution in [0, 0.1) is 0 Å². The van der Waals surface area contributed by atoms with E-state index in [0.29, 0.717) is 0 Å². The highest BCUT2D eigenvalue weighted by molar-refractivity contribution is 5.96. The van der Waals surface area contributed by atoms with Gasteiger partial charge in [-0.05, 0) is 113 Å². The molecule has 0 spiro atoms. The predicted octanol–water partition coefficient (Wildman–Crippen LogP) is 13.7. The number of rotatable bonds is 6. The maximum atomic E-state index is 2.57. The monoisotopic (exact) mass is 710 g/mol. The smallest absolute Gasteiger partial charge is 0.0622 e. The summed E-state index contributed by atoms with van der Waals surface area (Å²) in [6.07, 6.45) is 0. The van der Waals surface area contributed by atoms with Crippen LogP contribution in [-0.4, -0.2) is 0 Å². The molecule has 9 aromatic carbocycles. The van der Waals surface area contributed by atoms with Crippen LogP contribution in [0.3, 0.4) is 0 Å². The van der Waals surface area contributed by atoms with Gasteiger partial charge in [0.15, 0.2) is 0 Å². The standard InChI is InChI=1S/C56H38/c1-7-19-39(20-8-1)41-31-33-47-49-37-54-50(38-53(49)55(51(47)35-41,43-23-11-3-12-24-43)44-25-13-4-14-26-44)48-34-32-42(40-21-9-2-10-22-40)36-52(48)56(54,45-27-15-5-16-28-45)46-29-17-6-18-30-46/h1-38H. The quantitative estimate of drug-likeness (QED) is 0.161. The van der Waals surface area contributed by atoms with Gasteiger partial charge in [-0.25, -0.2) is 0 Å². The van der Waals surface area contributed by atoms with E-state index in [2.05, 4.69) is 231 Å². The van der Waals surface area contributed by atoms with Crippen molar-refractivity contribution in [1.29, 1.82) is 0 Å². The zero-order chi connectivity index (χ0) is 37.1. The lowest BCUT2D eigenvalue weighted by molar-refractivity contribution is 0.759. The highest BCUT2D eigenvalue weighted by Gasteiger charge is 2.51. The van der Waals surface area contributed by atoms with E-state index in [1.165, 1.54) is 89.0 Å². The van der Waals surface area contributed by atoms with Crippen LogP contribution in [0.2, 0.25) is 0 Å². The van der Waals surface area contributed by atoms with Crippen LogP contribution in [0.1, 0.15) is 44.5 Å². The first kappa shape index (κ1) is 32.4. The highest BCUT2D eigenvalue weighted by atomic mass is 14.5. The predicted molar refractivity (Wildman–Crippen MR) is 232 cm³/mol. The van der Waals surface area contributed by atoms with Crippen molar-refractivity contribution in [2.75, 3.05) is 0 Å². The topological polar surface area (TPSA) is 0 Å². The van der Waals surface area contributed by atoms with Crippen molar-refractivity contribution in [1.82, 2.24) is 0 Å². The highest BCUT2D eigenvalue weighted by Crippen LogP contribution is 2.63. The van der Waals surface area contributed by atoms with Crippen LogP contribution in [0.25, 0.3) is 44.5 Å². The second kappa shape index (κ2) is 12.8. The van der Waals surface area contributed by atoms with Gasteiger partial charge in [0.25, 0.3) is 0 Å². The molecule has 9 aromatic rings. The van der Waals surface area contributed by atoms with Crippen molar-refractivity contribution in [3.05, 3.63) is 275 Å². The largest absolute Gasteiger partial charge is 0.0714 e. The minimum absolute atomic E-state index is 0.540. The third-order valence-electron chi connectivity index (χ3n) is 12.4. The van der Waals surface area contributed by atoms with Gasteiger partial charge in [0.1, 0.15) is 0 Å². The Balaban J connectivity index is 1.29. The average Bonchev–Trinajstić information content (AvgIpc) is 3.74. The fourth-order valence-corrected chi connectivity index (χ4v) is 10.1. The van der Waals surface area contributed by atoms with Crippen LogP contribution in [-0.2, 0) is 10.8 Å². The van der Waals surface area contributed by atoms with Gasteiger partial charge in [0.2, 0.25) is 0 Å². The third-order valence-corrected chi connectivity index (χ3v) is 12.4. The van der Waals surface area contributed by atoms with E-state index in [0.717, 1.165) is 0 Å². The van der Waals surface area contributed by atoms with E-state index in [-0.39, 0.29) is 0 Å². The molecule has 0 aliphatic heterocycles. The molecule has 0 radical (unpaired) electrons. The molecule has 0 fully saturated rings. The summed E-state index contributed by atoms with van der Waals surface area (Å²) >= 11 is 0. The third kappa shape index (κ3) is 4.60. The number of benzene rings is 9. The minimum Gasteiger partial charge on any atom is -0.0622 e. The minimum atomic E-state index is -0.540. The van der Waals surface area contributed by atoms with E-state index >= 15 is 0 Å². The summed E-state index contributed by atoms with van der Waals surface area (Å²) in [5, 5.41) is 0. The first-order valence-corrected chi connectivity index (χ1v) is 19.6. The summed E-state index contributed by atoms with van der Waals surface area (Å²) < 4.78 is 0. The fourth-order valence-electron chi connectivity index (χ4n) is 10.1. The molecule has 2 aliphatic carbocycles. The molecule has 2 aliphatic rings. The molecule has 0 heterocycles. The normalized spacial score (nSPS) is 14.0. The Kier molecular flexibility index (Phi) is 7.41. The Morgan fingerprint density at radius 3 is 0.768 bits per heavy atom. The van der Waals surface area contributed by atoms with Crippen LogP contribution < -0.4 is 0 Å². The second-order valence-electron chi connectivity index (χ2n) is 15.2. The van der Waals surface area contributed by atoms with Gasteiger partial charge in [0, 0.05) is 0 Å². The molecule has 0 unspecified atom stereocenters. The Morgan fingerprint density at radius 1 is 0.196 bits per heavy atom. The molecule has 0 bridgehead atoms. The van der Waals surface area contributed by atoms with E-state index in [1.54, 1.807) is 0 Å². The van der Waals surface area contributed by atoms with E-state index < -0.39 is 10.8 Å². The Hall–Kier alpha value is -7.02. The summed E-state index contributed by atoms with van der Waals surface area (Å²) in [6, 6.07) is 85.8. The SMILES string of the molecule is c1ccc(-c2ccc3c(c2)C(c2ccccc2)(c2ccccc2)c2cc4c(cc2-3)C(c2ccccc2)(c2ccccc2)c2cc(-c3ccccc3)ccc2-4)cc1. The van der Waals surface area contributed by atoms with Crippen molar-refractivity contribution in [2.24, 2.45) is 0 Å². The average molecular weight is 711 g/mol. The Bertz CT molecular complexity index is 2580. The number of hydrogen-bond donors (Lipinski definition) is 0. The van der Waals surface area contributed by atoms with Gasteiger partial charge >= 0.3 is 0 Å². The lowest BCUT2D eigenvalue weighted by Gasteiger charge is -2.35. The van der Waals surface area contributed by atoms with Crippen LogP contribution in [0.4, 0.5) is 0 Å². The molecule has 0 saturated carbocycles.